The lowest BCUT2D eigenvalue weighted by Gasteiger charge is -2.44. The van der Waals surface area contributed by atoms with Gasteiger partial charge in [-0.25, -0.2) is 0 Å². The highest BCUT2D eigenvalue weighted by atomic mass is 19.4. The van der Waals surface area contributed by atoms with Crippen molar-refractivity contribution in [1.29, 1.82) is 0 Å². The lowest BCUT2D eigenvalue weighted by atomic mass is 9.61. The minimum absolute atomic E-state index is 0.0332. The van der Waals surface area contributed by atoms with E-state index in [-0.39, 0.29) is 47.1 Å². The first-order chi connectivity index (χ1) is 12.4. The summed E-state index contributed by atoms with van der Waals surface area (Å²) in [6, 6.07) is 0. The molecule has 164 valence electrons. The molecule has 1 N–H and O–H groups in total. The van der Waals surface area contributed by atoms with Crippen molar-refractivity contribution >= 4 is 5.97 Å². The van der Waals surface area contributed by atoms with Gasteiger partial charge in [0, 0.05) is 0 Å². The Bertz CT molecular complexity index is 573. The van der Waals surface area contributed by atoms with Gasteiger partial charge in [0.25, 0.3) is 0 Å². The van der Waals surface area contributed by atoms with Crippen molar-refractivity contribution in [2.75, 3.05) is 0 Å². The molecule has 0 aromatic carbocycles. The van der Waals surface area contributed by atoms with E-state index in [9.17, 15) is 23.1 Å². The summed E-state index contributed by atoms with van der Waals surface area (Å²) in [4.78, 5) is 13.2. The third-order valence-electron chi connectivity index (χ3n) is 7.09. The van der Waals surface area contributed by atoms with Crippen LogP contribution in [0.15, 0.2) is 0 Å². The van der Waals surface area contributed by atoms with Gasteiger partial charge in [-0.15, -0.1) is 0 Å². The van der Waals surface area contributed by atoms with Crippen LogP contribution in [-0.2, 0) is 9.53 Å². The molecular formula is C22H37F3O3. The Morgan fingerprint density at radius 2 is 1.57 bits per heavy atom. The van der Waals surface area contributed by atoms with Gasteiger partial charge in [-0.3, -0.25) is 4.79 Å². The van der Waals surface area contributed by atoms with Crippen LogP contribution in [-0.4, -0.2) is 29.5 Å². The van der Waals surface area contributed by atoms with Crippen LogP contribution in [0.5, 0.6) is 0 Å². The maximum atomic E-state index is 13.2. The first kappa shape index (κ1) is 23.5. The molecule has 2 saturated carbocycles. The summed E-state index contributed by atoms with van der Waals surface area (Å²) in [6.07, 6.45) is -4.57. The molecule has 6 unspecified atom stereocenters. The van der Waals surface area contributed by atoms with Crippen molar-refractivity contribution in [2.45, 2.75) is 99.0 Å². The summed E-state index contributed by atoms with van der Waals surface area (Å²) in [5.41, 5.74) is -0.943. The molecular weight excluding hydrogens is 369 g/mol. The topological polar surface area (TPSA) is 46.5 Å². The van der Waals surface area contributed by atoms with Gasteiger partial charge in [-0.1, -0.05) is 41.5 Å². The number of aliphatic hydroxyl groups excluding tert-OH is 1. The molecule has 3 nitrogen and oxygen atoms in total. The molecule has 0 aromatic heterocycles. The molecule has 2 rings (SSSR count). The van der Waals surface area contributed by atoms with Crippen LogP contribution in [0.25, 0.3) is 0 Å². The number of hydrogen-bond donors (Lipinski definition) is 1. The third-order valence-corrected chi connectivity index (χ3v) is 7.09. The van der Waals surface area contributed by atoms with E-state index in [4.69, 9.17) is 4.74 Å². The van der Waals surface area contributed by atoms with Crippen molar-refractivity contribution in [1.82, 2.24) is 0 Å². The molecule has 28 heavy (non-hydrogen) atoms. The Labute approximate surface area is 167 Å². The fourth-order valence-electron chi connectivity index (χ4n) is 5.17. The Balaban J connectivity index is 2.01. The van der Waals surface area contributed by atoms with Gasteiger partial charge in [0.15, 0.2) is 0 Å². The quantitative estimate of drug-likeness (QED) is 0.592. The summed E-state index contributed by atoms with van der Waals surface area (Å²) in [7, 11) is 0. The minimum atomic E-state index is -4.56. The predicted molar refractivity (Wildman–Crippen MR) is 103 cm³/mol. The van der Waals surface area contributed by atoms with Crippen molar-refractivity contribution in [3.8, 4) is 0 Å². The summed E-state index contributed by atoms with van der Waals surface area (Å²) in [5.74, 6) is -0.124. The molecule has 2 fully saturated rings. The zero-order chi connectivity index (χ0) is 21.7. The van der Waals surface area contributed by atoms with Crippen LogP contribution in [0.3, 0.4) is 0 Å². The number of fused-ring (bicyclic) bond motifs is 2. The average molecular weight is 407 g/mol. The molecule has 0 aromatic rings. The van der Waals surface area contributed by atoms with Crippen LogP contribution in [0.1, 0.15) is 80.6 Å². The molecule has 0 saturated heterocycles. The molecule has 0 radical (unpaired) electrons. The minimum Gasteiger partial charge on any atom is -0.462 e. The number of aliphatic hydroxyl groups is 1. The van der Waals surface area contributed by atoms with Gasteiger partial charge < -0.3 is 9.84 Å². The lowest BCUT2D eigenvalue weighted by molar-refractivity contribution is -0.209. The molecule has 2 bridgehead atoms. The van der Waals surface area contributed by atoms with Crippen molar-refractivity contribution in [3.63, 3.8) is 0 Å². The SMILES string of the molecule is CC(C)(C)CC(C)(C(=O)OC1CC2CC1CC2CC(O)C(F)(F)F)C(C)(C)C. The van der Waals surface area contributed by atoms with E-state index >= 15 is 0 Å². The Hall–Kier alpha value is -0.780. The van der Waals surface area contributed by atoms with E-state index in [1.54, 1.807) is 0 Å². The number of rotatable bonds is 5. The monoisotopic (exact) mass is 406 g/mol. The normalized spacial score (nSPS) is 31.5. The van der Waals surface area contributed by atoms with Gasteiger partial charge in [-0.05, 0) is 67.6 Å². The number of hydrogen-bond acceptors (Lipinski definition) is 3. The van der Waals surface area contributed by atoms with Crippen LogP contribution in [0, 0.1) is 34.0 Å². The highest BCUT2D eigenvalue weighted by molar-refractivity contribution is 5.77. The van der Waals surface area contributed by atoms with E-state index in [1.807, 2.05) is 6.92 Å². The maximum absolute atomic E-state index is 13.2. The van der Waals surface area contributed by atoms with Crippen LogP contribution in [0.4, 0.5) is 13.2 Å². The number of halogens is 3. The average Bonchev–Trinajstić information content (AvgIpc) is 3.02. The summed E-state index contributed by atoms with van der Waals surface area (Å²) < 4.78 is 43.9. The first-order valence-electron chi connectivity index (χ1n) is 10.4. The Kier molecular flexibility index (Phi) is 6.28. The second-order valence-corrected chi connectivity index (χ2v) is 11.5. The smallest absolute Gasteiger partial charge is 0.414 e. The van der Waals surface area contributed by atoms with Crippen LogP contribution in [0.2, 0.25) is 0 Å². The largest absolute Gasteiger partial charge is 0.462 e. The third kappa shape index (κ3) is 5.03. The highest BCUT2D eigenvalue weighted by Crippen LogP contribution is 2.53. The number of ether oxygens (including phenoxy) is 1. The predicted octanol–water partition coefficient (Wildman–Crippen LogP) is 5.75. The van der Waals surface area contributed by atoms with Gasteiger partial charge >= 0.3 is 12.1 Å². The van der Waals surface area contributed by atoms with Gasteiger partial charge in [0.1, 0.15) is 12.2 Å². The van der Waals surface area contributed by atoms with Gasteiger partial charge in [0.2, 0.25) is 0 Å². The Morgan fingerprint density at radius 1 is 1.00 bits per heavy atom. The zero-order valence-electron chi connectivity index (χ0n) is 18.3. The van der Waals surface area contributed by atoms with Gasteiger partial charge in [-0.2, -0.15) is 13.2 Å². The maximum Gasteiger partial charge on any atom is 0.414 e. The fourth-order valence-corrected chi connectivity index (χ4v) is 5.17. The van der Waals surface area contributed by atoms with E-state index in [0.29, 0.717) is 19.3 Å². The van der Waals surface area contributed by atoms with E-state index in [0.717, 1.165) is 6.42 Å². The molecule has 0 aliphatic heterocycles. The Morgan fingerprint density at radius 3 is 1.96 bits per heavy atom. The molecule has 2 aliphatic rings. The second-order valence-electron chi connectivity index (χ2n) is 11.5. The second kappa shape index (κ2) is 7.48. The number of esters is 1. The summed E-state index contributed by atoms with van der Waals surface area (Å²) >= 11 is 0. The van der Waals surface area contributed by atoms with E-state index in [1.165, 1.54) is 0 Å². The molecule has 0 heterocycles. The van der Waals surface area contributed by atoms with Gasteiger partial charge in [0.05, 0.1) is 5.41 Å². The molecule has 6 atom stereocenters. The molecule has 0 spiro atoms. The van der Waals surface area contributed by atoms with Crippen LogP contribution >= 0.6 is 0 Å². The number of carbonyl (C=O) groups is 1. The van der Waals surface area contributed by atoms with Crippen molar-refractivity contribution in [3.05, 3.63) is 0 Å². The number of carbonyl (C=O) groups excluding carboxylic acids is 1. The first-order valence-corrected chi connectivity index (χ1v) is 10.4. The van der Waals surface area contributed by atoms with E-state index < -0.39 is 17.7 Å². The van der Waals surface area contributed by atoms with Crippen molar-refractivity contribution in [2.24, 2.45) is 34.0 Å². The lowest BCUT2D eigenvalue weighted by Crippen LogP contribution is -2.46. The fraction of sp³-hybridized carbons (Fsp3) is 0.955. The summed E-state index contributed by atoms with van der Waals surface area (Å²) in [6.45, 7) is 14.4. The van der Waals surface area contributed by atoms with Crippen LogP contribution < -0.4 is 0 Å². The van der Waals surface area contributed by atoms with E-state index in [2.05, 4.69) is 41.5 Å². The van der Waals surface area contributed by atoms with Crippen molar-refractivity contribution < 1.29 is 27.8 Å². The molecule has 0 amide bonds. The molecule has 2 aliphatic carbocycles. The number of alkyl halides is 3. The zero-order valence-corrected chi connectivity index (χ0v) is 18.3. The molecule has 6 heteroatoms. The highest BCUT2D eigenvalue weighted by Gasteiger charge is 2.53. The standard InChI is InChI=1S/C22H37F3O3/c1-19(2,3)12-21(7,20(4,5)6)18(27)28-16-10-13-8-15(16)9-14(13)11-17(26)22(23,24)25/h13-17,26H,8-12H2,1-7H3. The summed E-state index contributed by atoms with van der Waals surface area (Å²) in [5, 5.41) is 9.38.